The number of aromatic nitrogens is 4. The molecule has 2 aromatic heterocycles. The highest BCUT2D eigenvalue weighted by atomic mass is 15.4. The molecule has 0 saturated carbocycles. The molecule has 4 nitrogen and oxygen atoms in total. The number of rotatable bonds is 1. The van der Waals surface area contributed by atoms with Crippen LogP contribution in [-0.4, -0.2) is 20.0 Å². The van der Waals surface area contributed by atoms with Crippen LogP contribution in [0.25, 0.3) is 16.9 Å². The van der Waals surface area contributed by atoms with Gasteiger partial charge in [0.05, 0.1) is 5.52 Å². The average Bonchev–Trinajstić information content (AvgIpc) is 2.72. The van der Waals surface area contributed by atoms with Gasteiger partial charge in [0.2, 0.25) is 0 Å². The van der Waals surface area contributed by atoms with Gasteiger partial charge in [-0.2, -0.15) is 4.68 Å². The van der Waals surface area contributed by atoms with Crippen LogP contribution >= 0.6 is 0 Å². The minimum atomic E-state index is 0.800. The van der Waals surface area contributed by atoms with Gasteiger partial charge in [0.15, 0.2) is 5.82 Å². The Morgan fingerprint density at radius 3 is 2.75 bits per heavy atom. The average molecular weight is 210 g/mol. The van der Waals surface area contributed by atoms with Crippen molar-refractivity contribution < 1.29 is 0 Å². The van der Waals surface area contributed by atoms with E-state index in [-0.39, 0.29) is 0 Å². The summed E-state index contributed by atoms with van der Waals surface area (Å²) in [5, 5.41) is 8.21. The molecule has 78 valence electrons. The van der Waals surface area contributed by atoms with Gasteiger partial charge in [-0.25, -0.2) is 4.98 Å². The summed E-state index contributed by atoms with van der Waals surface area (Å²) in [6, 6.07) is 13.7. The lowest BCUT2D eigenvalue weighted by molar-refractivity contribution is 0.798. The Morgan fingerprint density at radius 1 is 1.00 bits per heavy atom. The van der Waals surface area contributed by atoms with Crippen molar-refractivity contribution in [2.24, 2.45) is 0 Å². The molecule has 4 heteroatoms. The van der Waals surface area contributed by atoms with E-state index in [2.05, 4.69) is 15.3 Å². The molecule has 2 heterocycles. The first-order valence-electron chi connectivity index (χ1n) is 5.09. The van der Waals surface area contributed by atoms with Crippen molar-refractivity contribution in [3.05, 3.63) is 48.2 Å². The maximum absolute atomic E-state index is 4.43. The van der Waals surface area contributed by atoms with Gasteiger partial charge in [0.1, 0.15) is 5.52 Å². The van der Waals surface area contributed by atoms with E-state index in [4.69, 9.17) is 0 Å². The summed E-state index contributed by atoms with van der Waals surface area (Å²) in [5.41, 5.74) is 2.82. The SMILES string of the molecule is Cc1cccc(-n2nnc3ccccc32)n1. The van der Waals surface area contributed by atoms with E-state index in [1.54, 1.807) is 4.68 Å². The monoisotopic (exact) mass is 210 g/mol. The third-order valence-electron chi connectivity index (χ3n) is 2.44. The van der Waals surface area contributed by atoms with E-state index in [1.807, 2.05) is 49.4 Å². The summed E-state index contributed by atoms with van der Waals surface area (Å²) in [4.78, 5) is 4.43. The highest BCUT2D eigenvalue weighted by Gasteiger charge is 2.05. The normalized spacial score (nSPS) is 10.8. The van der Waals surface area contributed by atoms with Gasteiger partial charge in [0.25, 0.3) is 0 Å². The first kappa shape index (κ1) is 9.03. The van der Waals surface area contributed by atoms with Gasteiger partial charge < -0.3 is 0 Å². The summed E-state index contributed by atoms with van der Waals surface area (Å²) in [6.45, 7) is 1.96. The standard InChI is InChI=1S/C12H10N4/c1-9-5-4-8-12(13-9)16-11-7-3-2-6-10(11)14-15-16/h2-8H,1H3. The smallest absolute Gasteiger partial charge is 0.156 e. The second-order valence-electron chi connectivity index (χ2n) is 3.63. The number of aryl methyl sites for hydroxylation is 1. The molecule has 0 atom stereocenters. The first-order valence-corrected chi connectivity index (χ1v) is 5.09. The summed E-state index contributed by atoms with van der Waals surface area (Å²) in [7, 11) is 0. The molecule has 0 spiro atoms. The van der Waals surface area contributed by atoms with E-state index < -0.39 is 0 Å². The number of pyridine rings is 1. The zero-order chi connectivity index (χ0) is 11.0. The van der Waals surface area contributed by atoms with Crippen LogP contribution in [0.2, 0.25) is 0 Å². The van der Waals surface area contributed by atoms with Gasteiger partial charge in [-0.3, -0.25) is 0 Å². The quantitative estimate of drug-likeness (QED) is 0.618. The molecule has 16 heavy (non-hydrogen) atoms. The molecular formula is C12H10N4. The van der Waals surface area contributed by atoms with E-state index >= 15 is 0 Å². The Kier molecular flexibility index (Phi) is 1.93. The van der Waals surface area contributed by atoms with E-state index in [9.17, 15) is 0 Å². The van der Waals surface area contributed by atoms with Crippen molar-refractivity contribution in [2.75, 3.05) is 0 Å². The van der Waals surface area contributed by atoms with Gasteiger partial charge in [-0.15, -0.1) is 5.10 Å². The lowest BCUT2D eigenvalue weighted by Gasteiger charge is -2.01. The fraction of sp³-hybridized carbons (Fsp3) is 0.0833. The minimum absolute atomic E-state index is 0.800. The Morgan fingerprint density at radius 2 is 1.88 bits per heavy atom. The predicted molar refractivity (Wildman–Crippen MR) is 61.4 cm³/mol. The lowest BCUT2D eigenvalue weighted by atomic mass is 10.3. The third-order valence-corrected chi connectivity index (χ3v) is 2.44. The van der Waals surface area contributed by atoms with Crippen LogP contribution in [0.5, 0.6) is 0 Å². The van der Waals surface area contributed by atoms with Crippen molar-refractivity contribution in [1.29, 1.82) is 0 Å². The molecule has 0 amide bonds. The van der Waals surface area contributed by atoms with E-state index in [1.165, 1.54) is 0 Å². The number of nitrogens with zero attached hydrogens (tertiary/aromatic N) is 4. The van der Waals surface area contributed by atoms with Crippen LogP contribution in [0.15, 0.2) is 42.5 Å². The van der Waals surface area contributed by atoms with Crippen LogP contribution < -0.4 is 0 Å². The molecule has 1 aromatic carbocycles. The van der Waals surface area contributed by atoms with Crippen LogP contribution in [-0.2, 0) is 0 Å². The second-order valence-corrected chi connectivity index (χ2v) is 3.63. The topological polar surface area (TPSA) is 43.6 Å². The van der Waals surface area contributed by atoms with Crippen molar-refractivity contribution in [2.45, 2.75) is 6.92 Å². The molecule has 3 rings (SSSR count). The first-order chi connectivity index (χ1) is 7.84. The maximum atomic E-state index is 4.43. The Labute approximate surface area is 92.6 Å². The fourth-order valence-corrected chi connectivity index (χ4v) is 1.68. The highest BCUT2D eigenvalue weighted by molar-refractivity contribution is 5.75. The Hall–Kier alpha value is -2.23. The molecule has 0 saturated heterocycles. The van der Waals surface area contributed by atoms with E-state index in [0.29, 0.717) is 0 Å². The zero-order valence-electron chi connectivity index (χ0n) is 8.83. The third kappa shape index (κ3) is 1.35. The number of fused-ring (bicyclic) bond motifs is 1. The largest absolute Gasteiger partial charge is 0.234 e. The van der Waals surface area contributed by atoms with Gasteiger partial charge in [-0.05, 0) is 31.2 Å². The van der Waals surface area contributed by atoms with Crippen molar-refractivity contribution in [3.8, 4) is 5.82 Å². The van der Waals surface area contributed by atoms with Crippen LogP contribution in [0.1, 0.15) is 5.69 Å². The summed E-state index contributed by atoms with van der Waals surface area (Å²) < 4.78 is 1.75. The van der Waals surface area contributed by atoms with Crippen LogP contribution in [0.3, 0.4) is 0 Å². The molecule has 0 aliphatic heterocycles. The molecule has 0 radical (unpaired) electrons. The van der Waals surface area contributed by atoms with Crippen molar-refractivity contribution in [3.63, 3.8) is 0 Å². The summed E-state index contributed by atoms with van der Waals surface area (Å²) in [6.07, 6.45) is 0. The fourth-order valence-electron chi connectivity index (χ4n) is 1.68. The molecule has 3 aromatic rings. The lowest BCUT2D eigenvalue weighted by Crippen LogP contribution is -2.00. The molecular weight excluding hydrogens is 200 g/mol. The van der Waals surface area contributed by atoms with Crippen molar-refractivity contribution >= 4 is 11.0 Å². The van der Waals surface area contributed by atoms with Crippen molar-refractivity contribution in [1.82, 2.24) is 20.0 Å². The number of para-hydroxylation sites is 1. The van der Waals surface area contributed by atoms with Gasteiger partial charge >= 0.3 is 0 Å². The number of hydrogen-bond donors (Lipinski definition) is 0. The maximum Gasteiger partial charge on any atom is 0.156 e. The zero-order valence-corrected chi connectivity index (χ0v) is 8.83. The second kappa shape index (κ2) is 3.41. The van der Waals surface area contributed by atoms with E-state index in [0.717, 1.165) is 22.5 Å². The van der Waals surface area contributed by atoms with Crippen LogP contribution in [0.4, 0.5) is 0 Å². The predicted octanol–water partition coefficient (Wildman–Crippen LogP) is 2.12. The number of benzene rings is 1. The van der Waals surface area contributed by atoms with Gasteiger partial charge in [0, 0.05) is 5.69 Å². The number of hydrogen-bond acceptors (Lipinski definition) is 3. The molecule has 0 unspecified atom stereocenters. The minimum Gasteiger partial charge on any atom is -0.234 e. The Bertz CT molecular complexity index is 642. The molecule has 0 fully saturated rings. The van der Waals surface area contributed by atoms with Gasteiger partial charge in [-0.1, -0.05) is 23.4 Å². The summed E-state index contributed by atoms with van der Waals surface area (Å²) in [5.74, 6) is 0.800. The Balaban J connectivity index is 2.26. The molecule has 0 aliphatic carbocycles. The molecule has 0 aliphatic rings. The summed E-state index contributed by atoms with van der Waals surface area (Å²) >= 11 is 0. The molecule has 0 bridgehead atoms. The highest BCUT2D eigenvalue weighted by Crippen LogP contribution is 2.14. The molecule has 0 N–H and O–H groups in total. The van der Waals surface area contributed by atoms with Crippen LogP contribution in [0, 0.1) is 6.92 Å².